The molecule has 1 unspecified atom stereocenters. The third-order valence-corrected chi connectivity index (χ3v) is 6.72. The molecule has 0 bridgehead atoms. The quantitative estimate of drug-likeness (QED) is 0.112. The lowest BCUT2D eigenvalue weighted by Gasteiger charge is -2.22. The van der Waals surface area contributed by atoms with Gasteiger partial charge in [0.05, 0.1) is 31.8 Å². The molecule has 0 aliphatic heterocycles. The number of nitrogens with zero attached hydrogens (tertiary/aromatic N) is 2. The van der Waals surface area contributed by atoms with Crippen LogP contribution in [-0.2, 0) is 9.59 Å². The van der Waals surface area contributed by atoms with Crippen LogP contribution in [0.5, 0.6) is 11.5 Å². The maximum atomic E-state index is 12.6. The molecule has 0 saturated carbocycles. The Balaban J connectivity index is 1.51. The van der Waals surface area contributed by atoms with E-state index in [9.17, 15) is 9.59 Å². The van der Waals surface area contributed by atoms with E-state index < -0.39 is 0 Å². The highest BCUT2D eigenvalue weighted by atomic mass is 16.5. The summed E-state index contributed by atoms with van der Waals surface area (Å²) in [6.45, 7) is 0. The zero-order valence-corrected chi connectivity index (χ0v) is 22.6. The number of ketones is 1. The second-order valence-corrected chi connectivity index (χ2v) is 9.15. The minimum atomic E-state index is -0.167. The molecule has 0 aromatic heterocycles. The Hall–Kier alpha value is -5.50. The van der Waals surface area contributed by atoms with Crippen LogP contribution in [0.15, 0.2) is 107 Å². The number of nitrogens with one attached hydrogen (secondary N) is 2. The number of allylic oxidation sites excluding steroid dienone is 1. The average molecular weight is 545 g/mol. The molecule has 1 aliphatic rings. The fourth-order valence-electron chi connectivity index (χ4n) is 4.79. The van der Waals surface area contributed by atoms with Crippen LogP contribution in [0.25, 0.3) is 6.08 Å². The summed E-state index contributed by atoms with van der Waals surface area (Å²) in [5, 5.41) is 8.35. The Bertz CT molecular complexity index is 1660. The Morgan fingerprint density at radius 3 is 2.02 bits per heavy atom. The largest absolute Gasteiger partial charge is 0.495 e. The number of aldehydes is 1. The summed E-state index contributed by atoms with van der Waals surface area (Å²) in [4.78, 5) is 23.2. The van der Waals surface area contributed by atoms with Crippen molar-refractivity contribution in [1.82, 2.24) is 0 Å². The molecule has 0 amide bonds. The van der Waals surface area contributed by atoms with Gasteiger partial charge in [0.25, 0.3) is 0 Å². The van der Waals surface area contributed by atoms with Gasteiger partial charge in [-0.15, -0.1) is 0 Å². The van der Waals surface area contributed by atoms with Crippen LogP contribution in [0, 0.1) is 0 Å². The molecule has 41 heavy (non-hydrogen) atoms. The summed E-state index contributed by atoms with van der Waals surface area (Å²) >= 11 is 0. The van der Waals surface area contributed by atoms with E-state index in [2.05, 4.69) is 33.2 Å². The molecule has 0 heterocycles. The van der Waals surface area contributed by atoms with Crippen LogP contribution in [0.4, 0.5) is 11.4 Å². The number of carbonyl (C=O) groups excluding carboxylic acids is 2. The highest BCUT2D eigenvalue weighted by molar-refractivity contribution is 6.52. The van der Waals surface area contributed by atoms with E-state index in [1.165, 1.54) is 6.08 Å². The van der Waals surface area contributed by atoms with Gasteiger partial charge in [-0.1, -0.05) is 72.8 Å². The molecular weight excluding hydrogens is 516 g/mol. The number of rotatable bonds is 10. The van der Waals surface area contributed by atoms with Gasteiger partial charge >= 0.3 is 0 Å². The molecule has 1 atom stereocenters. The second kappa shape index (κ2) is 12.6. The fourth-order valence-corrected chi connectivity index (χ4v) is 4.79. The second-order valence-electron chi connectivity index (χ2n) is 9.15. The number of ether oxygens (including phenoxy) is 2. The van der Waals surface area contributed by atoms with Crippen LogP contribution in [0.3, 0.4) is 0 Å². The van der Waals surface area contributed by atoms with E-state index in [4.69, 9.17) is 9.47 Å². The molecule has 8 nitrogen and oxygen atoms in total. The lowest BCUT2D eigenvalue weighted by molar-refractivity contribution is -0.108. The third kappa shape index (κ3) is 5.91. The Labute approximate surface area is 238 Å². The van der Waals surface area contributed by atoms with Crippen molar-refractivity contribution < 1.29 is 19.1 Å². The van der Waals surface area contributed by atoms with E-state index in [1.807, 2.05) is 78.9 Å². The van der Waals surface area contributed by atoms with Crippen molar-refractivity contribution in [2.45, 2.75) is 5.92 Å². The van der Waals surface area contributed by atoms with Crippen LogP contribution in [0.2, 0.25) is 0 Å². The minimum absolute atomic E-state index is 0.149. The summed E-state index contributed by atoms with van der Waals surface area (Å²) in [5.74, 6) is 0.843. The molecule has 0 spiro atoms. The molecule has 0 fully saturated rings. The number of hydrogen-bond donors (Lipinski definition) is 2. The molecule has 2 N–H and O–H groups in total. The number of hydrazone groups is 2. The van der Waals surface area contributed by atoms with E-state index in [-0.39, 0.29) is 11.7 Å². The minimum Gasteiger partial charge on any atom is -0.495 e. The van der Waals surface area contributed by atoms with Gasteiger partial charge in [-0.2, -0.15) is 10.2 Å². The van der Waals surface area contributed by atoms with Crippen LogP contribution < -0.4 is 20.3 Å². The third-order valence-electron chi connectivity index (χ3n) is 6.72. The molecule has 5 rings (SSSR count). The van der Waals surface area contributed by atoms with E-state index in [0.717, 1.165) is 34.0 Å². The van der Waals surface area contributed by atoms with E-state index >= 15 is 0 Å². The lowest BCUT2D eigenvalue weighted by Crippen LogP contribution is -2.19. The SMILES string of the molecule is COc1cc(C(c2ccccc2)c2ccc(N/N=C3\C(=O)C=Cc4ccccc43)c(OC)c2)ccc1N/N=C\C=O. The van der Waals surface area contributed by atoms with E-state index in [0.29, 0.717) is 34.9 Å². The number of anilines is 2. The van der Waals surface area contributed by atoms with Gasteiger partial charge in [0.2, 0.25) is 5.78 Å². The van der Waals surface area contributed by atoms with Crippen LogP contribution >= 0.6 is 0 Å². The standard InChI is InChI=1S/C33H28N4O4/c1-40-30-20-24(12-15-27(30)35-34-18-19-38)32(23-9-4-3-5-10-23)25-13-16-28(31(21-25)41-2)36-37-33-26-11-7-6-8-22(26)14-17-29(33)39/h3-21,32,35-36H,1-2H3/b34-18-,37-33-. The number of benzene rings is 4. The molecule has 4 aromatic carbocycles. The number of methoxy groups -OCH3 is 2. The summed E-state index contributed by atoms with van der Waals surface area (Å²) in [7, 11) is 3.18. The van der Waals surface area contributed by atoms with Crippen LogP contribution in [0.1, 0.15) is 33.7 Å². The molecular formula is C33H28N4O4. The van der Waals surface area contributed by atoms with Crippen molar-refractivity contribution in [3.63, 3.8) is 0 Å². The van der Waals surface area contributed by atoms with Crippen molar-refractivity contribution in [3.05, 3.63) is 125 Å². The first-order valence-electron chi connectivity index (χ1n) is 12.9. The predicted octanol–water partition coefficient (Wildman–Crippen LogP) is 5.89. The Morgan fingerprint density at radius 2 is 1.37 bits per heavy atom. The number of hydrogen-bond acceptors (Lipinski definition) is 8. The van der Waals surface area contributed by atoms with Gasteiger partial charge in [0.1, 0.15) is 17.2 Å². The Morgan fingerprint density at radius 1 is 0.732 bits per heavy atom. The monoisotopic (exact) mass is 544 g/mol. The lowest BCUT2D eigenvalue weighted by atomic mass is 9.84. The number of fused-ring (bicyclic) bond motifs is 1. The molecule has 0 saturated heterocycles. The van der Waals surface area contributed by atoms with Gasteiger partial charge in [-0.25, -0.2) is 0 Å². The van der Waals surface area contributed by atoms with Crippen molar-refractivity contribution in [2.24, 2.45) is 10.2 Å². The summed E-state index contributed by atoms with van der Waals surface area (Å²) in [6, 6.07) is 29.4. The molecule has 204 valence electrons. The van der Waals surface area contributed by atoms with Gasteiger partial charge in [0, 0.05) is 11.5 Å². The maximum Gasteiger partial charge on any atom is 0.206 e. The van der Waals surface area contributed by atoms with Crippen molar-refractivity contribution in [3.8, 4) is 11.5 Å². The zero-order valence-electron chi connectivity index (χ0n) is 22.6. The zero-order chi connectivity index (χ0) is 28.6. The smallest absolute Gasteiger partial charge is 0.206 e. The molecule has 0 radical (unpaired) electrons. The van der Waals surface area contributed by atoms with Crippen molar-refractivity contribution in [2.75, 3.05) is 25.1 Å². The highest BCUT2D eigenvalue weighted by Crippen LogP contribution is 2.39. The first kappa shape index (κ1) is 27.1. The fraction of sp³-hybridized carbons (Fsp3) is 0.0909. The van der Waals surface area contributed by atoms with Gasteiger partial charge in [-0.3, -0.25) is 20.4 Å². The predicted molar refractivity (Wildman–Crippen MR) is 162 cm³/mol. The summed E-state index contributed by atoms with van der Waals surface area (Å²) in [6.07, 6.45) is 5.05. The van der Waals surface area contributed by atoms with Gasteiger partial charge in [-0.05, 0) is 52.6 Å². The highest BCUT2D eigenvalue weighted by Gasteiger charge is 2.21. The van der Waals surface area contributed by atoms with Crippen molar-refractivity contribution >= 4 is 41.4 Å². The first-order valence-corrected chi connectivity index (χ1v) is 12.9. The maximum absolute atomic E-state index is 12.6. The van der Waals surface area contributed by atoms with Gasteiger partial charge < -0.3 is 9.47 Å². The number of carbonyl (C=O) groups is 2. The van der Waals surface area contributed by atoms with Gasteiger partial charge in [0.15, 0.2) is 6.29 Å². The topological polar surface area (TPSA) is 101 Å². The molecule has 4 aromatic rings. The average Bonchev–Trinajstić information content (AvgIpc) is 3.02. The molecule has 8 heteroatoms. The first-order chi connectivity index (χ1) is 20.1. The summed E-state index contributed by atoms with van der Waals surface area (Å²) < 4.78 is 11.4. The van der Waals surface area contributed by atoms with Crippen LogP contribution in [-0.4, -0.2) is 38.2 Å². The van der Waals surface area contributed by atoms with E-state index in [1.54, 1.807) is 20.3 Å². The summed E-state index contributed by atoms with van der Waals surface area (Å²) in [5.41, 5.74) is 12.2. The molecule has 1 aliphatic carbocycles. The normalized spacial score (nSPS) is 14.0. The van der Waals surface area contributed by atoms with Crippen molar-refractivity contribution in [1.29, 1.82) is 0 Å². The Kier molecular flexibility index (Phi) is 8.30.